The lowest BCUT2D eigenvalue weighted by atomic mass is 9.97. The molecule has 1 saturated heterocycles. The molecule has 0 spiro atoms. The molecule has 1 fully saturated rings. The summed E-state index contributed by atoms with van der Waals surface area (Å²) in [7, 11) is -3.65. The number of aromatic nitrogens is 2. The van der Waals surface area contributed by atoms with Gasteiger partial charge < -0.3 is 5.32 Å². The predicted molar refractivity (Wildman–Crippen MR) is 128 cm³/mol. The molecule has 1 aliphatic heterocycles. The van der Waals surface area contributed by atoms with Crippen molar-refractivity contribution in [1.29, 1.82) is 5.26 Å². The van der Waals surface area contributed by atoms with Gasteiger partial charge in [0.2, 0.25) is 15.9 Å². The van der Waals surface area contributed by atoms with E-state index in [0.717, 1.165) is 22.6 Å². The number of nitrogens with zero attached hydrogens (tertiary/aromatic N) is 4. The molecule has 9 heteroatoms. The van der Waals surface area contributed by atoms with Crippen LogP contribution in [-0.4, -0.2) is 41.5 Å². The van der Waals surface area contributed by atoms with Crippen molar-refractivity contribution in [1.82, 2.24) is 19.4 Å². The maximum absolute atomic E-state index is 12.9. The molecule has 1 aromatic heterocycles. The van der Waals surface area contributed by atoms with Gasteiger partial charge in [-0.2, -0.15) is 14.7 Å². The first kappa shape index (κ1) is 23.7. The normalized spacial score (nSPS) is 15.1. The van der Waals surface area contributed by atoms with Crippen LogP contribution in [0, 0.1) is 31.1 Å². The zero-order chi connectivity index (χ0) is 24.3. The number of carbonyl (C=O) groups excluding carboxylic acids is 1. The summed E-state index contributed by atoms with van der Waals surface area (Å²) < 4.78 is 29.1. The molecule has 0 unspecified atom stereocenters. The Labute approximate surface area is 199 Å². The molecule has 34 heavy (non-hydrogen) atoms. The number of amides is 1. The average molecular weight is 478 g/mol. The summed E-state index contributed by atoms with van der Waals surface area (Å²) in [5.41, 5.74) is 4.21. The van der Waals surface area contributed by atoms with E-state index in [4.69, 9.17) is 5.26 Å². The molecule has 3 aromatic rings. The summed E-state index contributed by atoms with van der Waals surface area (Å²) in [4.78, 5) is 13.0. The van der Waals surface area contributed by atoms with Gasteiger partial charge in [-0.1, -0.05) is 18.2 Å². The predicted octanol–water partition coefficient (Wildman–Crippen LogP) is 3.08. The molecule has 1 aliphatic rings. The Kier molecular flexibility index (Phi) is 6.82. The summed E-state index contributed by atoms with van der Waals surface area (Å²) in [6.45, 7) is 4.86. The number of piperidine rings is 1. The Hall–Kier alpha value is -3.48. The molecule has 1 N–H and O–H groups in total. The fourth-order valence-electron chi connectivity index (χ4n) is 4.28. The van der Waals surface area contributed by atoms with E-state index in [1.165, 1.54) is 28.6 Å². The number of benzene rings is 2. The first-order valence-electron chi connectivity index (χ1n) is 11.2. The van der Waals surface area contributed by atoms with Gasteiger partial charge in [-0.3, -0.25) is 4.79 Å². The number of hydrogen-bond donors (Lipinski definition) is 1. The fraction of sp³-hybridized carbons (Fsp3) is 0.320. The molecular formula is C25H27N5O3S. The maximum Gasteiger partial charge on any atom is 0.243 e. The van der Waals surface area contributed by atoms with Crippen LogP contribution in [0.3, 0.4) is 0 Å². The van der Waals surface area contributed by atoms with Crippen molar-refractivity contribution >= 4 is 15.9 Å². The smallest absolute Gasteiger partial charge is 0.243 e. The van der Waals surface area contributed by atoms with Crippen LogP contribution in [0.15, 0.2) is 59.5 Å². The number of rotatable bonds is 6. The third kappa shape index (κ3) is 4.74. The Bertz CT molecular complexity index is 1320. The van der Waals surface area contributed by atoms with Gasteiger partial charge in [-0.25, -0.2) is 13.1 Å². The second-order valence-electron chi connectivity index (χ2n) is 8.43. The number of sulfonamides is 1. The summed E-state index contributed by atoms with van der Waals surface area (Å²) in [5.74, 6) is -0.307. The minimum atomic E-state index is -3.65. The zero-order valence-electron chi connectivity index (χ0n) is 19.2. The topological polar surface area (TPSA) is 108 Å². The van der Waals surface area contributed by atoms with Crippen LogP contribution in [0.2, 0.25) is 0 Å². The molecule has 2 heterocycles. The van der Waals surface area contributed by atoms with Crippen LogP contribution in [0.1, 0.15) is 35.4 Å². The van der Waals surface area contributed by atoms with Crippen LogP contribution in [0.4, 0.5) is 0 Å². The van der Waals surface area contributed by atoms with Gasteiger partial charge >= 0.3 is 0 Å². The van der Waals surface area contributed by atoms with Crippen molar-refractivity contribution in [2.45, 2.75) is 38.1 Å². The number of aryl methyl sites for hydroxylation is 1. The quantitative estimate of drug-likeness (QED) is 0.587. The minimum Gasteiger partial charge on any atom is -0.352 e. The van der Waals surface area contributed by atoms with Crippen molar-refractivity contribution in [3.8, 4) is 11.8 Å². The Morgan fingerprint density at radius 2 is 1.74 bits per heavy atom. The van der Waals surface area contributed by atoms with Crippen LogP contribution >= 0.6 is 0 Å². The highest BCUT2D eigenvalue weighted by atomic mass is 32.2. The van der Waals surface area contributed by atoms with Gasteiger partial charge in [0.05, 0.1) is 27.9 Å². The molecule has 0 radical (unpaired) electrons. The van der Waals surface area contributed by atoms with E-state index >= 15 is 0 Å². The third-order valence-electron chi connectivity index (χ3n) is 6.33. The van der Waals surface area contributed by atoms with Gasteiger partial charge in [-0.15, -0.1) is 0 Å². The Balaban J connectivity index is 1.35. The zero-order valence-corrected chi connectivity index (χ0v) is 20.0. The molecule has 0 saturated carbocycles. The van der Waals surface area contributed by atoms with Crippen LogP contribution in [-0.2, 0) is 21.4 Å². The fourth-order valence-corrected chi connectivity index (χ4v) is 5.75. The molecule has 4 rings (SSSR count). The largest absolute Gasteiger partial charge is 0.352 e. The van der Waals surface area contributed by atoms with Crippen LogP contribution < -0.4 is 5.32 Å². The summed E-state index contributed by atoms with van der Waals surface area (Å²) in [5, 5.41) is 16.6. The standard InChI is InChI=1S/C25H27N5O3S/c1-18-24(19(2)30(28-18)22-6-4-3-5-7-22)17-27-25(31)21-12-14-29(15-13-21)34(32,33)23-10-8-20(16-26)9-11-23/h3-11,21H,12-15,17H2,1-2H3,(H,27,31). The number of para-hydroxylation sites is 1. The molecule has 8 nitrogen and oxygen atoms in total. The first-order valence-corrected chi connectivity index (χ1v) is 12.6. The van der Waals surface area contributed by atoms with Crippen molar-refractivity contribution in [3.05, 3.63) is 77.1 Å². The highest BCUT2D eigenvalue weighted by Crippen LogP contribution is 2.25. The first-order chi connectivity index (χ1) is 16.3. The van der Waals surface area contributed by atoms with E-state index in [1.54, 1.807) is 0 Å². The maximum atomic E-state index is 12.9. The lowest BCUT2D eigenvalue weighted by Crippen LogP contribution is -2.42. The van der Waals surface area contributed by atoms with Gasteiger partial charge in [0.1, 0.15) is 0 Å². The van der Waals surface area contributed by atoms with E-state index in [-0.39, 0.29) is 29.8 Å². The highest BCUT2D eigenvalue weighted by molar-refractivity contribution is 7.89. The number of nitriles is 1. The van der Waals surface area contributed by atoms with E-state index in [1.807, 2.05) is 54.9 Å². The second-order valence-corrected chi connectivity index (χ2v) is 10.4. The molecule has 2 aromatic carbocycles. The molecule has 0 aliphatic carbocycles. The van der Waals surface area contributed by atoms with E-state index in [0.29, 0.717) is 24.9 Å². The number of carbonyl (C=O) groups is 1. The molecule has 0 atom stereocenters. The van der Waals surface area contributed by atoms with Crippen molar-refractivity contribution in [2.24, 2.45) is 5.92 Å². The Morgan fingerprint density at radius 3 is 2.35 bits per heavy atom. The van der Waals surface area contributed by atoms with Crippen molar-refractivity contribution in [3.63, 3.8) is 0 Å². The van der Waals surface area contributed by atoms with Crippen molar-refractivity contribution < 1.29 is 13.2 Å². The second kappa shape index (κ2) is 9.79. The molecule has 1 amide bonds. The van der Waals surface area contributed by atoms with Crippen molar-refractivity contribution in [2.75, 3.05) is 13.1 Å². The molecule has 176 valence electrons. The van der Waals surface area contributed by atoms with Crippen LogP contribution in [0.25, 0.3) is 5.69 Å². The molecule has 0 bridgehead atoms. The summed E-state index contributed by atoms with van der Waals surface area (Å²) in [6, 6.07) is 17.7. The summed E-state index contributed by atoms with van der Waals surface area (Å²) in [6.07, 6.45) is 0.922. The Morgan fingerprint density at radius 1 is 1.09 bits per heavy atom. The van der Waals surface area contributed by atoms with Gasteiger partial charge in [-0.05, 0) is 63.1 Å². The molecular weight excluding hydrogens is 450 g/mol. The van der Waals surface area contributed by atoms with Gasteiger partial charge in [0.25, 0.3) is 0 Å². The highest BCUT2D eigenvalue weighted by Gasteiger charge is 2.32. The monoisotopic (exact) mass is 477 g/mol. The van der Waals surface area contributed by atoms with E-state index in [9.17, 15) is 13.2 Å². The summed E-state index contributed by atoms with van der Waals surface area (Å²) >= 11 is 0. The SMILES string of the molecule is Cc1nn(-c2ccccc2)c(C)c1CNC(=O)C1CCN(S(=O)(=O)c2ccc(C#N)cc2)CC1. The minimum absolute atomic E-state index is 0.0679. The van der Waals surface area contributed by atoms with Crippen LogP contribution in [0.5, 0.6) is 0 Å². The lowest BCUT2D eigenvalue weighted by Gasteiger charge is -2.30. The van der Waals surface area contributed by atoms with Gasteiger partial charge in [0, 0.05) is 36.8 Å². The number of hydrogen-bond acceptors (Lipinski definition) is 5. The van der Waals surface area contributed by atoms with E-state index < -0.39 is 10.0 Å². The number of nitrogens with one attached hydrogen (secondary N) is 1. The van der Waals surface area contributed by atoms with Gasteiger partial charge in [0.15, 0.2) is 0 Å². The lowest BCUT2D eigenvalue weighted by molar-refractivity contribution is -0.126. The van der Waals surface area contributed by atoms with E-state index in [2.05, 4.69) is 10.4 Å². The third-order valence-corrected chi connectivity index (χ3v) is 8.24. The average Bonchev–Trinajstić information content (AvgIpc) is 3.16.